The molecule has 0 saturated carbocycles. The number of hydrogen-bond acceptors (Lipinski definition) is 7. The van der Waals surface area contributed by atoms with Gasteiger partial charge in [0.1, 0.15) is 12.4 Å². The molecule has 1 aromatic carbocycles. The van der Waals surface area contributed by atoms with Crippen LogP contribution in [0, 0.1) is 10.1 Å². The first-order valence-corrected chi connectivity index (χ1v) is 8.02. The molecule has 2 aromatic rings. The van der Waals surface area contributed by atoms with Gasteiger partial charge in [-0.3, -0.25) is 14.9 Å². The highest BCUT2D eigenvalue weighted by molar-refractivity contribution is 5.93. The third-order valence-corrected chi connectivity index (χ3v) is 3.25. The van der Waals surface area contributed by atoms with Gasteiger partial charge in [0.15, 0.2) is 11.5 Å². The van der Waals surface area contributed by atoms with Crippen LogP contribution < -0.4 is 10.1 Å². The highest BCUT2D eigenvalue weighted by atomic mass is 16.6. The summed E-state index contributed by atoms with van der Waals surface area (Å²) in [5, 5.41) is 13.5. The van der Waals surface area contributed by atoms with E-state index >= 15 is 0 Å². The zero-order chi connectivity index (χ0) is 19.8. The molecule has 1 heterocycles. The van der Waals surface area contributed by atoms with Crippen molar-refractivity contribution in [2.24, 2.45) is 0 Å². The average Bonchev–Trinajstić information content (AvgIpc) is 3.09. The van der Waals surface area contributed by atoms with Crippen LogP contribution in [0.5, 0.6) is 5.75 Å². The number of carbonyl (C=O) groups is 2. The lowest BCUT2D eigenvalue weighted by molar-refractivity contribution is -0.386. The maximum Gasteiger partial charge on any atom is 0.332 e. The van der Waals surface area contributed by atoms with E-state index in [-0.39, 0.29) is 30.4 Å². The van der Waals surface area contributed by atoms with Gasteiger partial charge in [-0.15, -0.1) is 0 Å². The lowest BCUT2D eigenvalue weighted by Gasteiger charge is -2.05. The van der Waals surface area contributed by atoms with E-state index in [0.29, 0.717) is 11.5 Å². The molecule has 2 rings (SSSR count). The topological polar surface area (TPSA) is 121 Å². The number of rotatable bonds is 8. The van der Waals surface area contributed by atoms with Crippen LogP contribution in [0.2, 0.25) is 0 Å². The summed E-state index contributed by atoms with van der Waals surface area (Å²) in [6.45, 7) is 3.36. The van der Waals surface area contributed by atoms with Gasteiger partial charge in [0, 0.05) is 17.8 Å². The minimum Gasteiger partial charge on any atom is -0.479 e. The van der Waals surface area contributed by atoms with E-state index in [1.54, 1.807) is 13.0 Å². The van der Waals surface area contributed by atoms with E-state index in [4.69, 9.17) is 13.9 Å². The predicted molar refractivity (Wildman–Crippen MR) is 94.0 cm³/mol. The minimum absolute atomic E-state index is 0.00719. The molecule has 0 unspecified atom stereocenters. The monoisotopic (exact) mass is 374 g/mol. The Morgan fingerprint density at radius 2 is 2.00 bits per heavy atom. The second kappa shape index (κ2) is 9.18. The third kappa shape index (κ3) is 5.70. The highest BCUT2D eigenvalue weighted by Crippen LogP contribution is 2.26. The van der Waals surface area contributed by atoms with Crippen molar-refractivity contribution in [1.82, 2.24) is 5.32 Å². The normalized spacial score (nSPS) is 11.0. The fraction of sp³-hybridized carbons (Fsp3) is 0.222. The van der Waals surface area contributed by atoms with Gasteiger partial charge in [-0.25, -0.2) is 4.79 Å². The Hall–Kier alpha value is -3.62. The summed E-state index contributed by atoms with van der Waals surface area (Å²) in [6, 6.07) is 8.90. The number of benzene rings is 1. The third-order valence-electron chi connectivity index (χ3n) is 3.25. The summed E-state index contributed by atoms with van der Waals surface area (Å²) < 4.78 is 15.5. The Morgan fingerprint density at radius 3 is 2.70 bits per heavy atom. The SMILES string of the molecule is CCOC(=O)/C=C(\C)NC(=O)c1ccc(COc2ccccc2[N+](=O)[O-])o1. The lowest BCUT2D eigenvalue weighted by Crippen LogP contribution is -2.21. The van der Waals surface area contributed by atoms with E-state index in [1.165, 1.54) is 37.3 Å². The standard InChI is InChI=1S/C18H18N2O7/c1-3-25-17(21)10-12(2)19-18(22)16-9-8-13(27-16)11-26-15-7-5-4-6-14(15)20(23)24/h4-10H,3,11H2,1-2H3,(H,19,22)/b12-10+. The van der Waals surface area contributed by atoms with Crippen LogP contribution >= 0.6 is 0 Å². The molecule has 0 aliphatic rings. The van der Waals surface area contributed by atoms with Crippen LogP contribution in [0.3, 0.4) is 0 Å². The minimum atomic E-state index is -0.562. The molecule has 1 amide bonds. The van der Waals surface area contributed by atoms with Crippen LogP contribution in [-0.2, 0) is 16.1 Å². The number of ether oxygens (including phenoxy) is 2. The van der Waals surface area contributed by atoms with Crippen LogP contribution in [0.4, 0.5) is 5.69 Å². The second-order valence-electron chi connectivity index (χ2n) is 5.31. The van der Waals surface area contributed by atoms with E-state index in [2.05, 4.69) is 5.32 Å². The lowest BCUT2D eigenvalue weighted by atomic mass is 10.3. The van der Waals surface area contributed by atoms with E-state index < -0.39 is 16.8 Å². The van der Waals surface area contributed by atoms with Gasteiger partial charge in [0.2, 0.25) is 0 Å². The van der Waals surface area contributed by atoms with Crippen molar-refractivity contribution in [1.29, 1.82) is 0 Å². The molecule has 1 N–H and O–H groups in total. The average molecular weight is 374 g/mol. The van der Waals surface area contributed by atoms with Crippen molar-refractivity contribution < 1.29 is 28.4 Å². The molecule has 0 fully saturated rings. The first kappa shape index (κ1) is 19.7. The van der Waals surface area contributed by atoms with Gasteiger partial charge in [-0.05, 0) is 32.0 Å². The Morgan fingerprint density at radius 1 is 1.26 bits per heavy atom. The van der Waals surface area contributed by atoms with Gasteiger partial charge in [0.05, 0.1) is 11.5 Å². The smallest absolute Gasteiger partial charge is 0.332 e. The fourth-order valence-corrected chi connectivity index (χ4v) is 2.09. The molecule has 0 spiro atoms. The van der Waals surface area contributed by atoms with Crippen LogP contribution in [0.15, 0.2) is 52.6 Å². The maximum absolute atomic E-state index is 12.1. The number of furan rings is 1. The molecule has 0 saturated heterocycles. The molecule has 27 heavy (non-hydrogen) atoms. The summed E-state index contributed by atoms with van der Waals surface area (Å²) in [5.41, 5.74) is 0.134. The number of hydrogen-bond donors (Lipinski definition) is 1. The summed E-state index contributed by atoms with van der Waals surface area (Å²) in [5.74, 6) is -0.700. The Kier molecular flexibility index (Phi) is 6.70. The van der Waals surface area contributed by atoms with Gasteiger partial charge in [-0.1, -0.05) is 12.1 Å². The Labute approximate surface area is 154 Å². The number of para-hydroxylation sites is 2. The van der Waals surface area contributed by atoms with Crippen molar-refractivity contribution in [3.05, 3.63) is 69.8 Å². The van der Waals surface area contributed by atoms with Gasteiger partial charge in [-0.2, -0.15) is 0 Å². The molecule has 1 aromatic heterocycles. The molecule has 142 valence electrons. The van der Waals surface area contributed by atoms with Crippen molar-refractivity contribution in [3.8, 4) is 5.75 Å². The maximum atomic E-state index is 12.1. The number of nitrogens with zero attached hydrogens (tertiary/aromatic N) is 1. The fourth-order valence-electron chi connectivity index (χ4n) is 2.09. The Balaban J connectivity index is 1.97. The van der Waals surface area contributed by atoms with E-state index in [1.807, 2.05) is 0 Å². The van der Waals surface area contributed by atoms with Gasteiger partial charge in [0.25, 0.3) is 5.91 Å². The van der Waals surface area contributed by atoms with Crippen molar-refractivity contribution in [3.63, 3.8) is 0 Å². The molecular weight excluding hydrogens is 356 g/mol. The zero-order valence-corrected chi connectivity index (χ0v) is 14.8. The van der Waals surface area contributed by atoms with E-state index in [9.17, 15) is 19.7 Å². The van der Waals surface area contributed by atoms with E-state index in [0.717, 1.165) is 6.08 Å². The number of carbonyl (C=O) groups excluding carboxylic acids is 2. The number of allylic oxidation sites excluding steroid dienone is 1. The predicted octanol–water partition coefficient (Wildman–Crippen LogP) is 2.96. The summed E-state index contributed by atoms with van der Waals surface area (Å²) in [4.78, 5) is 33.8. The molecular formula is C18H18N2O7. The van der Waals surface area contributed by atoms with Crippen molar-refractivity contribution >= 4 is 17.6 Å². The number of nitro benzene ring substituents is 1. The molecule has 0 bridgehead atoms. The number of nitrogens with one attached hydrogen (secondary N) is 1. The summed E-state index contributed by atoms with van der Waals surface area (Å²) in [6.07, 6.45) is 1.16. The van der Waals surface area contributed by atoms with Crippen LogP contribution in [0.25, 0.3) is 0 Å². The van der Waals surface area contributed by atoms with Crippen LogP contribution in [-0.4, -0.2) is 23.4 Å². The number of nitro groups is 1. The van der Waals surface area contributed by atoms with Gasteiger partial charge < -0.3 is 19.2 Å². The first-order chi connectivity index (χ1) is 12.9. The van der Waals surface area contributed by atoms with Crippen molar-refractivity contribution in [2.75, 3.05) is 6.61 Å². The van der Waals surface area contributed by atoms with Crippen LogP contribution in [0.1, 0.15) is 30.2 Å². The molecule has 0 radical (unpaired) electrons. The number of amides is 1. The molecule has 0 atom stereocenters. The molecule has 0 aliphatic carbocycles. The number of esters is 1. The quantitative estimate of drug-likeness (QED) is 0.326. The second-order valence-corrected chi connectivity index (χ2v) is 5.31. The Bertz CT molecular complexity index is 870. The first-order valence-electron chi connectivity index (χ1n) is 8.02. The highest BCUT2D eigenvalue weighted by Gasteiger charge is 2.16. The van der Waals surface area contributed by atoms with Gasteiger partial charge >= 0.3 is 11.7 Å². The zero-order valence-electron chi connectivity index (χ0n) is 14.8. The molecule has 0 aliphatic heterocycles. The molecule has 9 nitrogen and oxygen atoms in total. The summed E-state index contributed by atoms with van der Waals surface area (Å²) in [7, 11) is 0. The molecule has 9 heteroatoms. The van der Waals surface area contributed by atoms with Crippen molar-refractivity contribution in [2.45, 2.75) is 20.5 Å². The summed E-state index contributed by atoms with van der Waals surface area (Å²) >= 11 is 0. The largest absolute Gasteiger partial charge is 0.479 e.